The number of anilines is 1. The lowest BCUT2D eigenvalue weighted by Crippen LogP contribution is -2.41. The number of hydrogen-bond donors (Lipinski definition) is 2. The summed E-state index contributed by atoms with van der Waals surface area (Å²) in [5.41, 5.74) is 1.90. The summed E-state index contributed by atoms with van der Waals surface area (Å²) in [6.07, 6.45) is 2.58. The van der Waals surface area contributed by atoms with Gasteiger partial charge in [0.1, 0.15) is 0 Å². The zero-order chi connectivity index (χ0) is 23.2. The zero-order valence-corrected chi connectivity index (χ0v) is 18.5. The molecule has 0 aliphatic carbocycles. The number of rotatable bonds is 6. The van der Waals surface area contributed by atoms with Crippen molar-refractivity contribution in [1.29, 1.82) is 0 Å². The van der Waals surface area contributed by atoms with E-state index in [1.54, 1.807) is 41.3 Å². The molecule has 1 fully saturated rings. The second-order valence-corrected chi connectivity index (χ2v) is 8.18. The van der Waals surface area contributed by atoms with Gasteiger partial charge in [-0.05, 0) is 49.6 Å². The monoisotopic (exact) mass is 445 g/mol. The number of para-hydroxylation sites is 1. The van der Waals surface area contributed by atoms with Crippen molar-refractivity contribution in [2.24, 2.45) is 5.92 Å². The lowest BCUT2D eigenvalue weighted by Gasteiger charge is -2.30. The summed E-state index contributed by atoms with van der Waals surface area (Å²) in [6.45, 7) is 2.88. The zero-order valence-electron chi connectivity index (χ0n) is 18.5. The van der Waals surface area contributed by atoms with Crippen molar-refractivity contribution in [2.45, 2.75) is 25.8 Å². The molecule has 2 aromatic carbocycles. The van der Waals surface area contributed by atoms with E-state index in [1.165, 1.54) is 6.26 Å². The average Bonchev–Trinajstić information content (AvgIpc) is 3.39. The van der Waals surface area contributed by atoms with Gasteiger partial charge in [-0.2, -0.15) is 0 Å². The lowest BCUT2D eigenvalue weighted by atomic mass is 9.95. The first-order valence-electron chi connectivity index (χ1n) is 11.1. The Kier molecular flexibility index (Phi) is 6.88. The van der Waals surface area contributed by atoms with Crippen molar-refractivity contribution >= 4 is 23.4 Å². The number of carbonyl (C=O) groups excluding carboxylic acids is 3. The van der Waals surface area contributed by atoms with Crippen LogP contribution in [-0.4, -0.2) is 35.7 Å². The standard InChI is InChI=1S/C26H27N3O4/c1-18(19-8-3-2-4-9-19)27-25(31)21-10-5-6-11-22(21)28-24(30)20-13-15-29(16-14-20)26(32)23-12-7-17-33-23/h2-12,17-18,20H,13-16H2,1H3,(H,27,31)(H,28,30). The van der Waals surface area contributed by atoms with Crippen LogP contribution in [0, 0.1) is 5.92 Å². The lowest BCUT2D eigenvalue weighted by molar-refractivity contribution is -0.121. The second-order valence-electron chi connectivity index (χ2n) is 8.18. The molecule has 0 radical (unpaired) electrons. The molecule has 1 aliphatic heterocycles. The molecule has 4 rings (SSSR count). The Labute approximate surface area is 192 Å². The number of carbonyl (C=O) groups is 3. The Hall–Kier alpha value is -3.87. The molecule has 33 heavy (non-hydrogen) atoms. The first-order valence-corrected chi connectivity index (χ1v) is 11.1. The number of hydrogen-bond acceptors (Lipinski definition) is 4. The summed E-state index contributed by atoms with van der Waals surface area (Å²) in [7, 11) is 0. The van der Waals surface area contributed by atoms with Crippen LogP contribution in [0.25, 0.3) is 0 Å². The van der Waals surface area contributed by atoms with Gasteiger partial charge in [-0.1, -0.05) is 42.5 Å². The quantitative estimate of drug-likeness (QED) is 0.593. The van der Waals surface area contributed by atoms with E-state index in [0.717, 1.165) is 5.56 Å². The highest BCUT2D eigenvalue weighted by Crippen LogP contribution is 2.23. The number of nitrogens with zero attached hydrogens (tertiary/aromatic N) is 1. The molecule has 0 bridgehead atoms. The third-order valence-electron chi connectivity index (χ3n) is 5.96. The predicted molar refractivity (Wildman–Crippen MR) is 125 cm³/mol. The number of furan rings is 1. The van der Waals surface area contributed by atoms with Crippen LogP contribution in [0.15, 0.2) is 77.4 Å². The third-order valence-corrected chi connectivity index (χ3v) is 5.96. The fraction of sp³-hybridized carbons (Fsp3) is 0.269. The minimum absolute atomic E-state index is 0.142. The van der Waals surface area contributed by atoms with Gasteiger partial charge in [0.05, 0.1) is 23.6 Å². The highest BCUT2D eigenvalue weighted by molar-refractivity contribution is 6.04. The van der Waals surface area contributed by atoms with Crippen LogP contribution < -0.4 is 10.6 Å². The molecule has 0 spiro atoms. The predicted octanol–water partition coefficient (Wildman–Crippen LogP) is 4.26. The second kappa shape index (κ2) is 10.2. The Balaban J connectivity index is 1.36. The van der Waals surface area contributed by atoms with Crippen LogP contribution in [0.2, 0.25) is 0 Å². The molecule has 1 unspecified atom stereocenters. The first kappa shape index (κ1) is 22.3. The maximum Gasteiger partial charge on any atom is 0.289 e. The van der Waals surface area contributed by atoms with Crippen LogP contribution in [0.5, 0.6) is 0 Å². The van der Waals surface area contributed by atoms with Crippen molar-refractivity contribution in [3.05, 3.63) is 89.9 Å². The van der Waals surface area contributed by atoms with Gasteiger partial charge >= 0.3 is 0 Å². The third kappa shape index (κ3) is 5.31. The molecule has 1 aliphatic rings. The Morgan fingerprint density at radius 3 is 2.33 bits per heavy atom. The summed E-state index contributed by atoms with van der Waals surface area (Å²) in [5.74, 6) is -0.474. The van der Waals surface area contributed by atoms with Crippen LogP contribution in [0.1, 0.15) is 52.3 Å². The van der Waals surface area contributed by atoms with E-state index in [-0.39, 0.29) is 29.7 Å². The highest BCUT2D eigenvalue weighted by Gasteiger charge is 2.29. The fourth-order valence-electron chi connectivity index (χ4n) is 4.03. The normalized spacial score (nSPS) is 15.0. The maximum atomic E-state index is 12.9. The summed E-state index contributed by atoms with van der Waals surface area (Å²) in [5, 5.41) is 5.92. The van der Waals surface area contributed by atoms with Gasteiger partial charge in [0.15, 0.2) is 5.76 Å². The molecular formula is C26H27N3O4. The number of nitrogens with one attached hydrogen (secondary N) is 2. The minimum Gasteiger partial charge on any atom is -0.459 e. The molecule has 7 heteroatoms. The molecule has 3 aromatic rings. The van der Waals surface area contributed by atoms with Gasteiger partial charge in [-0.15, -0.1) is 0 Å². The van der Waals surface area contributed by atoms with Crippen LogP contribution >= 0.6 is 0 Å². The van der Waals surface area contributed by atoms with E-state index >= 15 is 0 Å². The van der Waals surface area contributed by atoms with E-state index in [1.807, 2.05) is 37.3 Å². The van der Waals surface area contributed by atoms with E-state index < -0.39 is 0 Å². The minimum atomic E-state index is -0.249. The summed E-state index contributed by atoms with van der Waals surface area (Å²) in [4.78, 5) is 40.0. The van der Waals surface area contributed by atoms with E-state index in [4.69, 9.17) is 4.42 Å². The molecule has 0 saturated carbocycles. The van der Waals surface area contributed by atoms with Gasteiger partial charge in [0, 0.05) is 19.0 Å². The van der Waals surface area contributed by atoms with Crippen molar-refractivity contribution in [3.8, 4) is 0 Å². The number of piperidine rings is 1. The molecule has 7 nitrogen and oxygen atoms in total. The summed E-state index contributed by atoms with van der Waals surface area (Å²) < 4.78 is 5.18. The summed E-state index contributed by atoms with van der Waals surface area (Å²) in [6, 6.07) is 19.9. The topological polar surface area (TPSA) is 91.7 Å². The Morgan fingerprint density at radius 1 is 0.939 bits per heavy atom. The van der Waals surface area contributed by atoms with Crippen LogP contribution in [0.4, 0.5) is 5.69 Å². The van der Waals surface area contributed by atoms with E-state index in [9.17, 15) is 14.4 Å². The molecule has 1 saturated heterocycles. The Morgan fingerprint density at radius 2 is 1.64 bits per heavy atom. The van der Waals surface area contributed by atoms with Gasteiger partial charge in [0.2, 0.25) is 5.91 Å². The van der Waals surface area contributed by atoms with Gasteiger partial charge < -0.3 is 20.0 Å². The first-order chi connectivity index (χ1) is 16.0. The SMILES string of the molecule is CC(NC(=O)c1ccccc1NC(=O)C1CCN(C(=O)c2ccco2)CC1)c1ccccc1. The Bertz CT molecular complexity index is 1100. The maximum absolute atomic E-state index is 12.9. The van der Waals surface area contributed by atoms with Crippen LogP contribution in [0.3, 0.4) is 0 Å². The number of likely N-dealkylation sites (tertiary alicyclic amines) is 1. The molecule has 2 heterocycles. The molecular weight excluding hydrogens is 418 g/mol. The van der Waals surface area contributed by atoms with Gasteiger partial charge in [0.25, 0.3) is 11.8 Å². The van der Waals surface area contributed by atoms with E-state index in [2.05, 4.69) is 10.6 Å². The van der Waals surface area contributed by atoms with Crippen molar-refractivity contribution < 1.29 is 18.8 Å². The largest absolute Gasteiger partial charge is 0.459 e. The molecule has 1 aromatic heterocycles. The molecule has 170 valence electrons. The highest BCUT2D eigenvalue weighted by atomic mass is 16.3. The van der Waals surface area contributed by atoms with Gasteiger partial charge in [-0.25, -0.2) is 0 Å². The number of amides is 3. The molecule has 2 N–H and O–H groups in total. The molecule has 3 amide bonds. The average molecular weight is 446 g/mol. The van der Waals surface area contributed by atoms with E-state index in [0.29, 0.717) is 42.9 Å². The van der Waals surface area contributed by atoms with Crippen molar-refractivity contribution in [1.82, 2.24) is 10.2 Å². The van der Waals surface area contributed by atoms with Crippen molar-refractivity contribution in [2.75, 3.05) is 18.4 Å². The molecule has 1 atom stereocenters. The summed E-state index contributed by atoms with van der Waals surface area (Å²) >= 11 is 0. The van der Waals surface area contributed by atoms with Gasteiger partial charge in [-0.3, -0.25) is 14.4 Å². The van der Waals surface area contributed by atoms with Crippen LogP contribution in [-0.2, 0) is 4.79 Å². The number of benzene rings is 2. The fourth-order valence-corrected chi connectivity index (χ4v) is 4.03. The smallest absolute Gasteiger partial charge is 0.289 e. The van der Waals surface area contributed by atoms with Crippen molar-refractivity contribution in [3.63, 3.8) is 0 Å².